The van der Waals surface area contributed by atoms with Gasteiger partial charge in [-0.2, -0.15) is 0 Å². The molecule has 4 heteroatoms. The smallest absolute Gasteiger partial charge is 0.160 e. The molecule has 0 aliphatic rings. The summed E-state index contributed by atoms with van der Waals surface area (Å²) >= 11 is 0. The number of hydrogen-bond donors (Lipinski definition) is 3. The highest BCUT2D eigenvalue weighted by Gasteiger charge is 2.09. The van der Waals surface area contributed by atoms with E-state index in [9.17, 15) is 10.2 Å². The molecule has 0 aliphatic carbocycles. The molecule has 0 radical (unpaired) electrons. The van der Waals surface area contributed by atoms with Crippen LogP contribution in [0.1, 0.15) is 38.3 Å². The molecule has 0 fully saturated rings. The lowest BCUT2D eigenvalue weighted by Crippen LogP contribution is -2.23. The Morgan fingerprint density at radius 2 is 2.11 bits per heavy atom. The van der Waals surface area contributed by atoms with Crippen LogP contribution in [-0.4, -0.2) is 30.0 Å². The van der Waals surface area contributed by atoms with Gasteiger partial charge < -0.3 is 20.3 Å². The van der Waals surface area contributed by atoms with E-state index in [1.54, 1.807) is 6.07 Å². The first kappa shape index (κ1) is 14.8. The molecule has 0 saturated carbocycles. The van der Waals surface area contributed by atoms with Crippen LogP contribution in [-0.2, 0) is 0 Å². The summed E-state index contributed by atoms with van der Waals surface area (Å²) in [6.07, 6.45) is 1.29. The number of methoxy groups -OCH3 is 1. The largest absolute Gasteiger partial charge is 0.504 e. The molecule has 2 atom stereocenters. The predicted octanol–water partition coefficient (Wildman–Crippen LogP) is 2.21. The van der Waals surface area contributed by atoms with Gasteiger partial charge in [0.15, 0.2) is 11.5 Å². The molecular weight excluding hydrogens is 230 g/mol. The third-order valence-corrected chi connectivity index (χ3v) is 3.10. The molecule has 1 rings (SSSR count). The van der Waals surface area contributed by atoms with Crippen molar-refractivity contribution < 1.29 is 14.9 Å². The van der Waals surface area contributed by atoms with Crippen molar-refractivity contribution in [1.82, 2.24) is 5.32 Å². The number of ether oxygens (including phenoxy) is 1. The minimum Gasteiger partial charge on any atom is -0.504 e. The first-order valence-electron chi connectivity index (χ1n) is 6.36. The van der Waals surface area contributed by atoms with E-state index in [4.69, 9.17) is 4.74 Å². The van der Waals surface area contributed by atoms with Crippen molar-refractivity contribution in [2.75, 3.05) is 13.7 Å². The van der Waals surface area contributed by atoms with Gasteiger partial charge in [0.25, 0.3) is 0 Å². The maximum atomic E-state index is 9.52. The molecule has 18 heavy (non-hydrogen) atoms. The van der Waals surface area contributed by atoms with Crippen LogP contribution < -0.4 is 10.1 Å². The van der Waals surface area contributed by atoms with Gasteiger partial charge in [-0.25, -0.2) is 0 Å². The van der Waals surface area contributed by atoms with Gasteiger partial charge in [0.1, 0.15) is 0 Å². The van der Waals surface area contributed by atoms with E-state index in [0.717, 1.165) is 24.9 Å². The van der Waals surface area contributed by atoms with Gasteiger partial charge >= 0.3 is 0 Å². The average molecular weight is 253 g/mol. The fraction of sp³-hybridized carbons (Fsp3) is 0.571. The van der Waals surface area contributed by atoms with Gasteiger partial charge in [0.05, 0.1) is 13.2 Å². The Kier molecular flexibility index (Phi) is 5.95. The summed E-state index contributed by atoms with van der Waals surface area (Å²) in [6, 6.07) is 5.48. The molecule has 0 bridgehead atoms. The standard InChI is InChI=1S/C14H23NO3/c1-4-12(16)7-8-15-10(2)11-5-6-13(17)14(9-11)18-3/h5-6,9-10,12,15-17H,4,7-8H2,1-3H3. The van der Waals surface area contributed by atoms with Crippen LogP contribution in [0.2, 0.25) is 0 Å². The topological polar surface area (TPSA) is 61.7 Å². The van der Waals surface area contributed by atoms with Crippen LogP contribution in [0.3, 0.4) is 0 Å². The predicted molar refractivity (Wildman–Crippen MR) is 72.0 cm³/mol. The van der Waals surface area contributed by atoms with Crippen molar-refractivity contribution in [2.24, 2.45) is 0 Å². The van der Waals surface area contributed by atoms with E-state index in [-0.39, 0.29) is 17.9 Å². The minimum atomic E-state index is -0.237. The maximum Gasteiger partial charge on any atom is 0.160 e. The number of hydrogen-bond acceptors (Lipinski definition) is 4. The summed E-state index contributed by atoms with van der Waals surface area (Å²) in [5.41, 5.74) is 1.05. The molecule has 0 amide bonds. The number of nitrogens with one attached hydrogen (secondary N) is 1. The van der Waals surface area contributed by atoms with Gasteiger partial charge in [-0.3, -0.25) is 0 Å². The van der Waals surface area contributed by atoms with E-state index in [2.05, 4.69) is 5.32 Å². The summed E-state index contributed by atoms with van der Waals surface area (Å²) < 4.78 is 5.08. The quantitative estimate of drug-likeness (QED) is 0.697. The number of phenolic OH excluding ortho intramolecular Hbond substituents is 1. The van der Waals surface area contributed by atoms with Gasteiger partial charge in [0.2, 0.25) is 0 Å². The normalized spacial score (nSPS) is 14.2. The summed E-state index contributed by atoms with van der Waals surface area (Å²) in [5.74, 6) is 0.629. The van der Waals surface area contributed by atoms with Crippen LogP contribution in [0.4, 0.5) is 0 Å². The lowest BCUT2D eigenvalue weighted by atomic mass is 10.1. The van der Waals surface area contributed by atoms with E-state index in [1.807, 2.05) is 26.0 Å². The third-order valence-electron chi connectivity index (χ3n) is 3.10. The lowest BCUT2D eigenvalue weighted by Gasteiger charge is -2.16. The van der Waals surface area contributed by atoms with Gasteiger partial charge in [0, 0.05) is 6.04 Å². The fourth-order valence-electron chi connectivity index (χ4n) is 1.75. The molecule has 1 aromatic carbocycles. The second kappa shape index (κ2) is 7.24. The van der Waals surface area contributed by atoms with Crippen LogP contribution >= 0.6 is 0 Å². The van der Waals surface area contributed by atoms with E-state index < -0.39 is 0 Å². The number of aliphatic hydroxyl groups excluding tert-OH is 1. The first-order chi connectivity index (χ1) is 8.58. The van der Waals surface area contributed by atoms with Crippen molar-refractivity contribution in [1.29, 1.82) is 0 Å². The lowest BCUT2D eigenvalue weighted by molar-refractivity contribution is 0.159. The molecule has 0 spiro atoms. The first-order valence-corrected chi connectivity index (χ1v) is 6.36. The van der Waals surface area contributed by atoms with Crippen molar-refractivity contribution in [2.45, 2.75) is 38.8 Å². The molecule has 3 N–H and O–H groups in total. The number of phenols is 1. The fourth-order valence-corrected chi connectivity index (χ4v) is 1.75. The molecule has 4 nitrogen and oxygen atoms in total. The minimum absolute atomic E-state index is 0.148. The zero-order valence-corrected chi connectivity index (χ0v) is 11.3. The summed E-state index contributed by atoms with van der Waals surface area (Å²) in [4.78, 5) is 0. The molecule has 0 aliphatic heterocycles. The monoisotopic (exact) mass is 253 g/mol. The number of rotatable bonds is 7. The zero-order chi connectivity index (χ0) is 13.5. The molecule has 102 valence electrons. The molecule has 0 aromatic heterocycles. The molecule has 2 unspecified atom stereocenters. The molecule has 0 heterocycles. The Hall–Kier alpha value is -1.26. The van der Waals surface area contributed by atoms with Crippen molar-refractivity contribution >= 4 is 0 Å². The van der Waals surface area contributed by atoms with Crippen LogP contribution in [0.25, 0.3) is 0 Å². The van der Waals surface area contributed by atoms with Crippen molar-refractivity contribution in [3.8, 4) is 11.5 Å². The highest BCUT2D eigenvalue weighted by atomic mass is 16.5. The second-order valence-electron chi connectivity index (χ2n) is 4.46. The van der Waals surface area contributed by atoms with Gasteiger partial charge in [-0.05, 0) is 44.0 Å². The van der Waals surface area contributed by atoms with E-state index >= 15 is 0 Å². The summed E-state index contributed by atoms with van der Waals surface area (Å²) in [6.45, 7) is 4.78. The second-order valence-corrected chi connectivity index (χ2v) is 4.46. The van der Waals surface area contributed by atoms with E-state index in [1.165, 1.54) is 7.11 Å². The van der Waals surface area contributed by atoms with Crippen molar-refractivity contribution in [3.63, 3.8) is 0 Å². The highest BCUT2D eigenvalue weighted by Crippen LogP contribution is 2.28. The number of aromatic hydroxyl groups is 1. The molecule has 1 aromatic rings. The SMILES string of the molecule is CCC(O)CCNC(C)c1ccc(O)c(OC)c1. The Labute approximate surface area is 109 Å². The Morgan fingerprint density at radius 3 is 2.72 bits per heavy atom. The molecular formula is C14H23NO3. The van der Waals surface area contributed by atoms with Crippen LogP contribution in [0.15, 0.2) is 18.2 Å². The van der Waals surface area contributed by atoms with Crippen LogP contribution in [0.5, 0.6) is 11.5 Å². The Balaban J connectivity index is 2.53. The summed E-state index contributed by atoms with van der Waals surface area (Å²) in [5, 5.41) is 22.3. The molecule has 0 saturated heterocycles. The van der Waals surface area contributed by atoms with E-state index in [0.29, 0.717) is 5.75 Å². The average Bonchev–Trinajstić information content (AvgIpc) is 2.38. The van der Waals surface area contributed by atoms with Gasteiger partial charge in [-0.1, -0.05) is 13.0 Å². The number of benzene rings is 1. The summed E-state index contributed by atoms with van der Waals surface area (Å²) in [7, 11) is 1.54. The van der Waals surface area contributed by atoms with Crippen molar-refractivity contribution in [3.05, 3.63) is 23.8 Å². The zero-order valence-electron chi connectivity index (χ0n) is 11.3. The highest BCUT2D eigenvalue weighted by molar-refractivity contribution is 5.42. The van der Waals surface area contributed by atoms with Crippen LogP contribution in [0, 0.1) is 0 Å². The Morgan fingerprint density at radius 1 is 1.39 bits per heavy atom. The number of aliphatic hydroxyl groups is 1. The maximum absolute atomic E-state index is 9.52. The van der Waals surface area contributed by atoms with Gasteiger partial charge in [-0.15, -0.1) is 0 Å². The third kappa shape index (κ3) is 4.20. The Bertz CT molecular complexity index is 368.